The fourth-order valence-electron chi connectivity index (χ4n) is 3.60. The van der Waals surface area contributed by atoms with Gasteiger partial charge in [0.05, 0.1) is 25.1 Å². The number of morpholine rings is 1. The topological polar surface area (TPSA) is 102 Å². The van der Waals surface area contributed by atoms with Crippen molar-refractivity contribution in [2.24, 2.45) is 0 Å². The lowest BCUT2D eigenvalue weighted by molar-refractivity contribution is 0.0295. The second-order valence-corrected chi connectivity index (χ2v) is 6.72. The molecule has 0 unspecified atom stereocenters. The summed E-state index contributed by atoms with van der Waals surface area (Å²) in [5.41, 5.74) is 1.96. The molecule has 1 N–H and O–H groups in total. The zero-order chi connectivity index (χ0) is 18.8. The average molecular weight is 373 g/mol. The Morgan fingerprint density at radius 1 is 1.22 bits per heavy atom. The van der Waals surface area contributed by atoms with Crippen LogP contribution in [0.15, 0.2) is 10.7 Å². The molecular weight excluding hydrogens is 350 g/mol. The summed E-state index contributed by atoms with van der Waals surface area (Å²) in [5.74, 6) is 0.268. The number of nitrogens with one attached hydrogen (secondary N) is 1. The summed E-state index contributed by atoms with van der Waals surface area (Å²) in [4.78, 5) is 27.5. The van der Waals surface area contributed by atoms with E-state index in [2.05, 4.69) is 15.6 Å². The first-order valence-electron chi connectivity index (χ1n) is 9.40. The Labute approximate surface area is 156 Å². The van der Waals surface area contributed by atoms with E-state index in [0.717, 1.165) is 37.0 Å². The van der Waals surface area contributed by atoms with Gasteiger partial charge in [-0.1, -0.05) is 5.16 Å². The van der Waals surface area contributed by atoms with Crippen molar-refractivity contribution in [3.05, 3.63) is 28.9 Å². The number of carbonyl (C=O) groups is 2. The van der Waals surface area contributed by atoms with Crippen molar-refractivity contribution in [1.82, 2.24) is 19.8 Å². The summed E-state index contributed by atoms with van der Waals surface area (Å²) in [5, 5.41) is 11.0. The van der Waals surface area contributed by atoms with Gasteiger partial charge in [-0.15, -0.1) is 0 Å². The monoisotopic (exact) mass is 373 g/mol. The van der Waals surface area contributed by atoms with Crippen LogP contribution in [0.4, 0.5) is 5.69 Å². The first kappa shape index (κ1) is 17.7. The Kier molecular flexibility index (Phi) is 4.93. The van der Waals surface area contributed by atoms with Crippen LogP contribution < -0.4 is 5.32 Å². The van der Waals surface area contributed by atoms with E-state index in [0.29, 0.717) is 49.9 Å². The normalized spacial score (nSPS) is 16.9. The fraction of sp³-hybridized carbons (Fsp3) is 0.556. The van der Waals surface area contributed by atoms with E-state index in [1.165, 1.54) is 6.20 Å². The average Bonchev–Trinajstić information content (AvgIpc) is 3.32. The van der Waals surface area contributed by atoms with Gasteiger partial charge >= 0.3 is 0 Å². The maximum atomic E-state index is 13.0. The van der Waals surface area contributed by atoms with Gasteiger partial charge in [0.1, 0.15) is 11.5 Å². The van der Waals surface area contributed by atoms with Crippen molar-refractivity contribution < 1.29 is 18.8 Å². The van der Waals surface area contributed by atoms with Crippen molar-refractivity contribution in [3.63, 3.8) is 0 Å². The van der Waals surface area contributed by atoms with Gasteiger partial charge in [-0.05, 0) is 26.2 Å². The van der Waals surface area contributed by atoms with Gasteiger partial charge in [0.2, 0.25) is 0 Å². The third-order valence-corrected chi connectivity index (χ3v) is 5.05. The lowest BCUT2D eigenvalue weighted by Crippen LogP contribution is -2.41. The van der Waals surface area contributed by atoms with E-state index in [1.54, 1.807) is 9.58 Å². The van der Waals surface area contributed by atoms with Crippen LogP contribution in [0.5, 0.6) is 0 Å². The molecule has 2 amide bonds. The molecule has 0 atom stereocenters. The molecule has 0 radical (unpaired) electrons. The molecule has 27 heavy (non-hydrogen) atoms. The van der Waals surface area contributed by atoms with Crippen LogP contribution >= 0.6 is 0 Å². The van der Waals surface area contributed by atoms with Crippen LogP contribution in [0.1, 0.15) is 52.1 Å². The first-order chi connectivity index (χ1) is 13.2. The van der Waals surface area contributed by atoms with E-state index in [-0.39, 0.29) is 11.8 Å². The molecule has 144 valence electrons. The highest BCUT2D eigenvalue weighted by Gasteiger charge is 2.28. The van der Waals surface area contributed by atoms with Crippen molar-refractivity contribution in [1.29, 1.82) is 0 Å². The van der Waals surface area contributed by atoms with Gasteiger partial charge in [0.25, 0.3) is 11.8 Å². The van der Waals surface area contributed by atoms with Crippen molar-refractivity contribution >= 4 is 17.5 Å². The Balaban J connectivity index is 1.59. The molecule has 4 rings (SSSR count). The smallest absolute Gasteiger partial charge is 0.278 e. The highest BCUT2D eigenvalue weighted by molar-refractivity contribution is 6.08. The van der Waals surface area contributed by atoms with Crippen LogP contribution in [0.25, 0.3) is 0 Å². The molecule has 0 aromatic carbocycles. The van der Waals surface area contributed by atoms with E-state index in [9.17, 15) is 9.59 Å². The minimum Gasteiger partial charge on any atom is -0.378 e. The lowest BCUT2D eigenvalue weighted by atomic mass is 9.96. The summed E-state index contributed by atoms with van der Waals surface area (Å²) in [6.07, 6.45) is 5.18. The Morgan fingerprint density at radius 2 is 2.00 bits per heavy atom. The van der Waals surface area contributed by atoms with Crippen LogP contribution in [-0.4, -0.2) is 58.0 Å². The van der Waals surface area contributed by atoms with Gasteiger partial charge in [0, 0.05) is 31.6 Å². The fourth-order valence-corrected chi connectivity index (χ4v) is 3.60. The number of hydrogen-bond donors (Lipinski definition) is 1. The quantitative estimate of drug-likeness (QED) is 0.871. The molecule has 0 saturated carbocycles. The zero-order valence-electron chi connectivity index (χ0n) is 15.4. The number of amides is 2. The van der Waals surface area contributed by atoms with Gasteiger partial charge in [-0.2, -0.15) is 5.10 Å². The largest absolute Gasteiger partial charge is 0.378 e. The van der Waals surface area contributed by atoms with Crippen LogP contribution in [-0.2, 0) is 24.1 Å². The number of anilines is 1. The van der Waals surface area contributed by atoms with Gasteiger partial charge < -0.3 is 19.5 Å². The number of aryl methyl sites for hydroxylation is 2. The minimum atomic E-state index is -0.367. The van der Waals surface area contributed by atoms with E-state index in [1.807, 2.05) is 6.92 Å². The molecule has 0 bridgehead atoms. The van der Waals surface area contributed by atoms with Crippen molar-refractivity contribution in [2.75, 3.05) is 31.6 Å². The number of fused-ring (bicyclic) bond motifs is 1. The molecule has 9 nitrogen and oxygen atoms in total. The summed E-state index contributed by atoms with van der Waals surface area (Å²) in [6, 6.07) is 0. The third-order valence-electron chi connectivity index (χ3n) is 5.05. The molecular formula is C18H23N5O4. The number of ether oxygens (including phenoxy) is 1. The van der Waals surface area contributed by atoms with E-state index in [4.69, 9.17) is 9.26 Å². The molecule has 0 spiro atoms. The summed E-state index contributed by atoms with van der Waals surface area (Å²) >= 11 is 0. The van der Waals surface area contributed by atoms with Crippen molar-refractivity contribution in [3.8, 4) is 0 Å². The number of nitrogens with zero attached hydrogens (tertiary/aromatic N) is 4. The predicted molar refractivity (Wildman–Crippen MR) is 95.7 cm³/mol. The van der Waals surface area contributed by atoms with Crippen LogP contribution in [0.3, 0.4) is 0 Å². The number of carbonyl (C=O) groups excluding carboxylic acids is 2. The standard InChI is InChI=1S/C18H23N5O4/c1-2-23-16(18(25)22-7-9-26-10-8-22)13(11-19-23)20-17(24)15-12-5-3-4-6-14(12)27-21-15/h11H,2-10H2,1H3,(H,20,24). The minimum absolute atomic E-state index is 0.157. The lowest BCUT2D eigenvalue weighted by Gasteiger charge is -2.27. The van der Waals surface area contributed by atoms with Gasteiger partial charge in [0.15, 0.2) is 5.69 Å². The Morgan fingerprint density at radius 3 is 2.78 bits per heavy atom. The Hall–Kier alpha value is -2.68. The maximum Gasteiger partial charge on any atom is 0.278 e. The third kappa shape index (κ3) is 3.34. The summed E-state index contributed by atoms with van der Waals surface area (Å²) in [6.45, 7) is 4.51. The molecule has 2 aliphatic rings. The second kappa shape index (κ2) is 7.51. The van der Waals surface area contributed by atoms with Crippen LogP contribution in [0.2, 0.25) is 0 Å². The molecule has 1 fully saturated rings. The molecule has 9 heteroatoms. The second-order valence-electron chi connectivity index (χ2n) is 6.72. The zero-order valence-corrected chi connectivity index (χ0v) is 15.4. The SMILES string of the molecule is CCn1ncc(NC(=O)c2noc3c2CCCC3)c1C(=O)N1CCOCC1. The number of aromatic nitrogens is 3. The highest BCUT2D eigenvalue weighted by atomic mass is 16.5. The van der Waals surface area contributed by atoms with Gasteiger partial charge in [-0.3, -0.25) is 14.3 Å². The molecule has 1 aliphatic carbocycles. The molecule has 1 aliphatic heterocycles. The molecule has 3 heterocycles. The number of hydrogen-bond acceptors (Lipinski definition) is 6. The first-order valence-corrected chi connectivity index (χ1v) is 9.40. The molecule has 2 aromatic rings. The molecule has 1 saturated heterocycles. The van der Waals surface area contributed by atoms with Gasteiger partial charge in [-0.25, -0.2) is 0 Å². The summed E-state index contributed by atoms with van der Waals surface area (Å²) < 4.78 is 12.2. The number of rotatable bonds is 4. The maximum absolute atomic E-state index is 13.0. The van der Waals surface area contributed by atoms with E-state index < -0.39 is 0 Å². The summed E-state index contributed by atoms with van der Waals surface area (Å²) in [7, 11) is 0. The predicted octanol–water partition coefficient (Wildman–Crippen LogP) is 1.49. The van der Waals surface area contributed by atoms with E-state index >= 15 is 0 Å². The van der Waals surface area contributed by atoms with Crippen LogP contribution in [0, 0.1) is 0 Å². The van der Waals surface area contributed by atoms with Crippen molar-refractivity contribution in [2.45, 2.75) is 39.2 Å². The highest BCUT2D eigenvalue weighted by Crippen LogP contribution is 2.26. The molecule has 2 aromatic heterocycles. The Bertz CT molecular complexity index is 850.